The van der Waals surface area contributed by atoms with Gasteiger partial charge in [-0.25, -0.2) is 0 Å². The van der Waals surface area contributed by atoms with E-state index < -0.39 is 0 Å². The van der Waals surface area contributed by atoms with Gasteiger partial charge in [0.25, 0.3) is 0 Å². The van der Waals surface area contributed by atoms with Crippen molar-refractivity contribution in [1.82, 2.24) is 5.32 Å². The zero-order valence-corrected chi connectivity index (χ0v) is 11.0. The van der Waals surface area contributed by atoms with Gasteiger partial charge in [0, 0.05) is 19.2 Å². The summed E-state index contributed by atoms with van der Waals surface area (Å²) < 4.78 is 10.7. The van der Waals surface area contributed by atoms with E-state index >= 15 is 0 Å². The lowest BCUT2D eigenvalue weighted by Crippen LogP contribution is -2.23. The lowest BCUT2D eigenvalue weighted by Gasteiger charge is -2.14. The molecule has 0 aliphatic carbocycles. The van der Waals surface area contributed by atoms with E-state index in [0.29, 0.717) is 12.6 Å². The quantitative estimate of drug-likeness (QED) is 0.705. The molecule has 1 aromatic rings. The van der Waals surface area contributed by atoms with Crippen LogP contribution in [0.2, 0.25) is 0 Å². The van der Waals surface area contributed by atoms with Crippen LogP contribution in [-0.2, 0) is 4.74 Å². The molecule has 3 heteroatoms. The number of benzene rings is 1. The minimum Gasteiger partial charge on any atom is -0.494 e. The van der Waals surface area contributed by atoms with Gasteiger partial charge in [-0.2, -0.15) is 0 Å². The fraction of sp³-hybridized carbons (Fsp3) is 0.571. The third kappa shape index (κ3) is 5.20. The molecule has 0 aromatic heterocycles. The van der Waals surface area contributed by atoms with E-state index in [1.165, 1.54) is 5.56 Å². The fourth-order valence-corrected chi connectivity index (χ4v) is 1.63. The van der Waals surface area contributed by atoms with Crippen LogP contribution in [0.25, 0.3) is 0 Å². The number of hydrogen-bond donors (Lipinski definition) is 1. The van der Waals surface area contributed by atoms with Crippen LogP contribution in [0.1, 0.15) is 32.4 Å². The fourth-order valence-electron chi connectivity index (χ4n) is 1.63. The molecule has 0 bridgehead atoms. The summed E-state index contributed by atoms with van der Waals surface area (Å²) in [4.78, 5) is 0. The van der Waals surface area contributed by atoms with Gasteiger partial charge in [-0.1, -0.05) is 12.1 Å². The Balaban J connectivity index is 2.37. The van der Waals surface area contributed by atoms with E-state index in [0.717, 1.165) is 25.5 Å². The Bertz CT molecular complexity index is 298. The van der Waals surface area contributed by atoms with Crippen LogP contribution in [0.4, 0.5) is 0 Å². The van der Waals surface area contributed by atoms with Gasteiger partial charge in [0.05, 0.1) is 13.2 Å². The predicted molar refractivity (Wildman–Crippen MR) is 70.5 cm³/mol. The maximum Gasteiger partial charge on any atom is 0.119 e. The molecule has 96 valence electrons. The van der Waals surface area contributed by atoms with Crippen LogP contribution in [0, 0.1) is 0 Å². The molecular weight excluding hydrogens is 214 g/mol. The molecule has 0 saturated heterocycles. The molecule has 0 aliphatic rings. The number of rotatable bonds is 8. The molecule has 0 amide bonds. The van der Waals surface area contributed by atoms with Crippen molar-refractivity contribution >= 4 is 0 Å². The molecule has 0 heterocycles. The molecule has 1 N–H and O–H groups in total. The van der Waals surface area contributed by atoms with Gasteiger partial charge in [-0.05, 0) is 38.5 Å². The van der Waals surface area contributed by atoms with Gasteiger partial charge in [0.15, 0.2) is 0 Å². The van der Waals surface area contributed by atoms with Crippen molar-refractivity contribution in [3.8, 4) is 5.75 Å². The summed E-state index contributed by atoms with van der Waals surface area (Å²) in [7, 11) is 0. The Hall–Kier alpha value is -1.06. The van der Waals surface area contributed by atoms with Crippen molar-refractivity contribution in [1.29, 1.82) is 0 Å². The first kappa shape index (κ1) is 14.0. The topological polar surface area (TPSA) is 30.5 Å². The number of nitrogens with one attached hydrogen (secondary N) is 1. The molecule has 0 saturated carbocycles. The molecule has 17 heavy (non-hydrogen) atoms. The Labute approximate surface area is 104 Å². The van der Waals surface area contributed by atoms with Crippen LogP contribution in [0.3, 0.4) is 0 Å². The summed E-state index contributed by atoms with van der Waals surface area (Å²) >= 11 is 0. The SMILES string of the molecule is CCOCCNC(C)c1ccc(OCC)cc1. The van der Waals surface area contributed by atoms with E-state index in [9.17, 15) is 0 Å². The molecular formula is C14H23NO2. The Morgan fingerprint density at radius 3 is 2.41 bits per heavy atom. The summed E-state index contributed by atoms with van der Waals surface area (Å²) in [6, 6.07) is 8.57. The van der Waals surface area contributed by atoms with Gasteiger partial charge in [-0.3, -0.25) is 0 Å². The van der Waals surface area contributed by atoms with Crippen LogP contribution in [-0.4, -0.2) is 26.4 Å². The van der Waals surface area contributed by atoms with E-state index in [2.05, 4.69) is 24.4 Å². The Morgan fingerprint density at radius 1 is 1.12 bits per heavy atom. The average molecular weight is 237 g/mol. The zero-order chi connectivity index (χ0) is 12.5. The predicted octanol–water partition coefficient (Wildman–Crippen LogP) is 2.77. The van der Waals surface area contributed by atoms with Crippen molar-refractivity contribution in [2.45, 2.75) is 26.8 Å². The normalized spacial score (nSPS) is 12.4. The van der Waals surface area contributed by atoms with E-state index in [1.54, 1.807) is 0 Å². The number of hydrogen-bond acceptors (Lipinski definition) is 3. The van der Waals surface area contributed by atoms with Gasteiger partial charge >= 0.3 is 0 Å². The average Bonchev–Trinajstić information content (AvgIpc) is 2.36. The first-order valence-electron chi connectivity index (χ1n) is 6.31. The first-order valence-corrected chi connectivity index (χ1v) is 6.31. The van der Waals surface area contributed by atoms with Crippen molar-refractivity contribution in [3.05, 3.63) is 29.8 Å². The third-order valence-electron chi connectivity index (χ3n) is 2.59. The maximum atomic E-state index is 5.41. The minimum atomic E-state index is 0.339. The standard InChI is InChI=1S/C14H23NO2/c1-4-16-11-10-15-12(3)13-6-8-14(9-7-13)17-5-2/h6-9,12,15H,4-5,10-11H2,1-3H3. The highest BCUT2D eigenvalue weighted by Crippen LogP contribution is 2.17. The van der Waals surface area contributed by atoms with Crippen molar-refractivity contribution in [2.75, 3.05) is 26.4 Å². The summed E-state index contributed by atoms with van der Waals surface area (Å²) in [5.41, 5.74) is 1.27. The van der Waals surface area contributed by atoms with E-state index in [-0.39, 0.29) is 0 Å². The summed E-state index contributed by atoms with van der Waals surface area (Å²) in [6.07, 6.45) is 0. The molecule has 1 aromatic carbocycles. The first-order chi connectivity index (χ1) is 8.27. The minimum absolute atomic E-state index is 0.339. The van der Waals surface area contributed by atoms with Crippen molar-refractivity contribution in [3.63, 3.8) is 0 Å². The third-order valence-corrected chi connectivity index (χ3v) is 2.59. The second kappa shape index (κ2) is 8.09. The van der Waals surface area contributed by atoms with Gasteiger partial charge in [0.1, 0.15) is 5.75 Å². The molecule has 0 radical (unpaired) electrons. The zero-order valence-electron chi connectivity index (χ0n) is 11.0. The van der Waals surface area contributed by atoms with E-state index in [1.807, 2.05) is 26.0 Å². The summed E-state index contributed by atoms with van der Waals surface area (Å²) in [5.74, 6) is 0.928. The maximum absolute atomic E-state index is 5.41. The molecule has 1 unspecified atom stereocenters. The van der Waals surface area contributed by atoms with Crippen molar-refractivity contribution in [2.24, 2.45) is 0 Å². The lowest BCUT2D eigenvalue weighted by molar-refractivity contribution is 0.147. The molecule has 1 rings (SSSR count). The highest BCUT2D eigenvalue weighted by atomic mass is 16.5. The monoisotopic (exact) mass is 237 g/mol. The lowest BCUT2D eigenvalue weighted by atomic mass is 10.1. The Kier molecular flexibility index (Phi) is 6.67. The highest BCUT2D eigenvalue weighted by Gasteiger charge is 2.04. The molecule has 1 atom stereocenters. The van der Waals surface area contributed by atoms with E-state index in [4.69, 9.17) is 9.47 Å². The second-order valence-electron chi connectivity index (χ2n) is 3.87. The highest BCUT2D eigenvalue weighted by molar-refractivity contribution is 5.28. The Morgan fingerprint density at radius 2 is 1.82 bits per heavy atom. The van der Waals surface area contributed by atoms with Crippen LogP contribution in [0.5, 0.6) is 5.75 Å². The summed E-state index contributed by atoms with van der Waals surface area (Å²) in [6.45, 7) is 9.28. The van der Waals surface area contributed by atoms with Gasteiger partial charge < -0.3 is 14.8 Å². The second-order valence-corrected chi connectivity index (χ2v) is 3.87. The molecule has 3 nitrogen and oxygen atoms in total. The van der Waals surface area contributed by atoms with Gasteiger partial charge in [-0.15, -0.1) is 0 Å². The molecule has 0 spiro atoms. The smallest absolute Gasteiger partial charge is 0.119 e. The molecule has 0 fully saturated rings. The molecule has 0 aliphatic heterocycles. The van der Waals surface area contributed by atoms with Crippen molar-refractivity contribution < 1.29 is 9.47 Å². The van der Waals surface area contributed by atoms with Crippen LogP contribution < -0.4 is 10.1 Å². The largest absolute Gasteiger partial charge is 0.494 e. The van der Waals surface area contributed by atoms with Crippen LogP contribution in [0.15, 0.2) is 24.3 Å². The van der Waals surface area contributed by atoms with Crippen LogP contribution >= 0.6 is 0 Å². The summed E-state index contributed by atoms with van der Waals surface area (Å²) in [5, 5.41) is 3.42. The van der Waals surface area contributed by atoms with Gasteiger partial charge in [0.2, 0.25) is 0 Å². The number of ether oxygens (including phenoxy) is 2.